The largest absolute Gasteiger partial charge is 0.497 e. The van der Waals surface area contributed by atoms with Crippen LogP contribution in [0.2, 0.25) is 0 Å². The predicted octanol–water partition coefficient (Wildman–Crippen LogP) is 5.80. The lowest BCUT2D eigenvalue weighted by Gasteiger charge is -2.19. The number of ether oxygens (including phenoxy) is 1. The van der Waals surface area contributed by atoms with Crippen LogP contribution in [0.1, 0.15) is 32.3 Å². The van der Waals surface area contributed by atoms with Gasteiger partial charge in [-0.1, -0.05) is 84.6 Å². The number of methoxy groups -OCH3 is 1. The van der Waals surface area contributed by atoms with Crippen LogP contribution in [-0.2, 0) is 0 Å². The fourth-order valence-electron chi connectivity index (χ4n) is 3.70. The van der Waals surface area contributed by atoms with Gasteiger partial charge in [-0.3, -0.25) is 4.79 Å². The molecular weight excluding hydrogens is 456 g/mol. The highest BCUT2D eigenvalue weighted by molar-refractivity contribution is 8.00. The van der Waals surface area contributed by atoms with Gasteiger partial charge in [-0.05, 0) is 23.3 Å². The van der Waals surface area contributed by atoms with Crippen LogP contribution in [0.3, 0.4) is 0 Å². The lowest BCUT2D eigenvalue weighted by molar-refractivity contribution is 0.0989. The molecule has 170 valence electrons. The number of carbonyl (C=O) groups is 1. The fourth-order valence-corrected chi connectivity index (χ4v) is 4.87. The SMILES string of the molecule is COc1ccc(-c2c(C#N)c(N)nc(SC(C(=O)c3ccccc3)c3ccccc3)c2C#N)cc1. The molecule has 1 aromatic heterocycles. The van der Waals surface area contributed by atoms with Crippen LogP contribution in [-0.4, -0.2) is 17.9 Å². The molecule has 0 aliphatic heterocycles. The number of carbonyl (C=O) groups excluding carboxylic acids is 1. The highest BCUT2D eigenvalue weighted by Crippen LogP contribution is 2.42. The number of Topliss-reactive ketones (excluding diaryl/α,β-unsaturated/α-hetero) is 1. The molecule has 1 atom stereocenters. The zero-order valence-electron chi connectivity index (χ0n) is 18.8. The van der Waals surface area contributed by atoms with Gasteiger partial charge in [0.2, 0.25) is 0 Å². The van der Waals surface area contributed by atoms with Crippen molar-refractivity contribution in [1.29, 1.82) is 10.5 Å². The molecule has 1 unspecified atom stereocenters. The molecule has 0 bridgehead atoms. The Morgan fingerprint density at radius 1 is 0.914 bits per heavy atom. The van der Waals surface area contributed by atoms with Gasteiger partial charge in [-0.15, -0.1) is 0 Å². The number of hydrogen-bond donors (Lipinski definition) is 1. The third-order valence-corrected chi connectivity index (χ3v) is 6.66. The first-order valence-electron chi connectivity index (χ1n) is 10.7. The van der Waals surface area contributed by atoms with E-state index in [0.717, 1.165) is 17.3 Å². The minimum Gasteiger partial charge on any atom is -0.497 e. The minimum absolute atomic E-state index is 0.00112. The molecule has 3 aromatic carbocycles. The predicted molar refractivity (Wildman–Crippen MR) is 136 cm³/mol. The molecule has 6 nitrogen and oxygen atoms in total. The molecule has 35 heavy (non-hydrogen) atoms. The number of nitrogen functional groups attached to an aromatic ring is 1. The molecular formula is C28H20N4O2S. The van der Waals surface area contributed by atoms with Crippen LogP contribution < -0.4 is 10.5 Å². The number of thioether (sulfide) groups is 1. The van der Waals surface area contributed by atoms with Crippen LogP contribution in [0.15, 0.2) is 90.0 Å². The van der Waals surface area contributed by atoms with Gasteiger partial charge in [-0.2, -0.15) is 10.5 Å². The Morgan fingerprint density at radius 2 is 1.51 bits per heavy atom. The van der Waals surface area contributed by atoms with Gasteiger partial charge in [0.25, 0.3) is 0 Å². The Bertz CT molecular complexity index is 1440. The quantitative estimate of drug-likeness (QED) is 0.265. The minimum atomic E-state index is -0.672. The summed E-state index contributed by atoms with van der Waals surface area (Å²) in [7, 11) is 1.56. The topological polar surface area (TPSA) is 113 Å². The van der Waals surface area contributed by atoms with Gasteiger partial charge in [-0.25, -0.2) is 4.98 Å². The number of nitrogens with zero attached hydrogens (tertiary/aromatic N) is 3. The lowest BCUT2D eigenvalue weighted by atomic mass is 9.97. The van der Waals surface area contributed by atoms with Crippen molar-refractivity contribution >= 4 is 23.4 Å². The van der Waals surface area contributed by atoms with Gasteiger partial charge >= 0.3 is 0 Å². The van der Waals surface area contributed by atoms with E-state index in [4.69, 9.17) is 10.5 Å². The number of pyridine rings is 1. The monoisotopic (exact) mass is 476 g/mol. The van der Waals surface area contributed by atoms with E-state index >= 15 is 0 Å². The van der Waals surface area contributed by atoms with Gasteiger partial charge in [0.15, 0.2) is 5.78 Å². The molecule has 0 spiro atoms. The average molecular weight is 477 g/mol. The highest BCUT2D eigenvalue weighted by Gasteiger charge is 2.28. The molecule has 0 aliphatic carbocycles. The molecule has 0 aliphatic rings. The number of ketones is 1. The zero-order valence-corrected chi connectivity index (χ0v) is 19.6. The standard InChI is InChI=1S/C28H20N4O2S/c1-34-21-14-12-18(13-15-21)24-22(16-29)27(31)32-28(23(24)17-30)35-26(20-10-6-3-7-11-20)25(33)19-8-4-2-5-9-19/h2-15,26H,1H3,(H2,31,32). The smallest absolute Gasteiger partial charge is 0.180 e. The molecule has 0 fully saturated rings. The Morgan fingerprint density at radius 3 is 2.09 bits per heavy atom. The summed E-state index contributed by atoms with van der Waals surface area (Å²) >= 11 is 1.15. The molecule has 0 amide bonds. The highest BCUT2D eigenvalue weighted by atomic mass is 32.2. The zero-order chi connectivity index (χ0) is 24.8. The number of nitrogens with two attached hydrogens (primary N) is 1. The Labute approximate surface area is 207 Å². The van der Waals surface area contributed by atoms with Crippen LogP contribution in [0.25, 0.3) is 11.1 Å². The van der Waals surface area contributed by atoms with Gasteiger partial charge in [0.05, 0.1) is 17.9 Å². The van der Waals surface area contributed by atoms with Crippen molar-refractivity contribution in [2.75, 3.05) is 12.8 Å². The third kappa shape index (κ3) is 4.86. The first kappa shape index (κ1) is 23.6. The fraction of sp³-hybridized carbons (Fsp3) is 0.0714. The van der Waals surface area contributed by atoms with Crippen LogP contribution in [0.5, 0.6) is 5.75 Å². The van der Waals surface area contributed by atoms with E-state index in [1.807, 2.05) is 36.4 Å². The Kier molecular flexibility index (Phi) is 7.11. The van der Waals surface area contributed by atoms with Crippen LogP contribution in [0, 0.1) is 22.7 Å². The van der Waals surface area contributed by atoms with E-state index in [2.05, 4.69) is 17.1 Å². The number of aromatic nitrogens is 1. The maximum absolute atomic E-state index is 13.6. The first-order valence-corrected chi connectivity index (χ1v) is 11.5. The summed E-state index contributed by atoms with van der Waals surface area (Å²) in [4.78, 5) is 17.9. The molecule has 4 aromatic rings. The second-order valence-electron chi connectivity index (χ2n) is 7.52. The van der Waals surface area contributed by atoms with E-state index in [1.54, 1.807) is 55.6 Å². The molecule has 1 heterocycles. The van der Waals surface area contributed by atoms with Crippen molar-refractivity contribution in [3.05, 3.63) is 107 Å². The van der Waals surface area contributed by atoms with Gasteiger partial charge in [0, 0.05) is 11.1 Å². The van der Waals surface area contributed by atoms with E-state index in [0.29, 0.717) is 22.4 Å². The molecule has 7 heteroatoms. The maximum atomic E-state index is 13.6. The van der Waals surface area contributed by atoms with Crippen LogP contribution >= 0.6 is 11.8 Å². The number of anilines is 1. The number of hydrogen-bond acceptors (Lipinski definition) is 7. The summed E-state index contributed by atoms with van der Waals surface area (Å²) in [5.74, 6) is 0.514. The van der Waals surface area contributed by atoms with Crippen LogP contribution in [0.4, 0.5) is 5.82 Å². The summed E-state index contributed by atoms with van der Waals surface area (Å²) in [5, 5.41) is 19.6. The van der Waals surface area contributed by atoms with Gasteiger partial charge < -0.3 is 10.5 Å². The van der Waals surface area contributed by atoms with Crippen molar-refractivity contribution < 1.29 is 9.53 Å². The summed E-state index contributed by atoms with van der Waals surface area (Å²) in [6.07, 6.45) is 0. The molecule has 4 rings (SSSR count). The normalized spacial score (nSPS) is 11.2. The molecule has 0 saturated heterocycles. The average Bonchev–Trinajstić information content (AvgIpc) is 2.92. The Balaban J connectivity index is 1.87. The number of nitriles is 2. The van der Waals surface area contributed by atoms with Crippen molar-refractivity contribution in [2.24, 2.45) is 0 Å². The van der Waals surface area contributed by atoms with Crippen molar-refractivity contribution in [3.63, 3.8) is 0 Å². The van der Waals surface area contributed by atoms with E-state index < -0.39 is 5.25 Å². The van der Waals surface area contributed by atoms with Crippen molar-refractivity contribution in [3.8, 4) is 29.0 Å². The first-order chi connectivity index (χ1) is 17.1. The van der Waals surface area contributed by atoms with Crippen molar-refractivity contribution in [2.45, 2.75) is 10.3 Å². The summed E-state index contributed by atoms with van der Waals surface area (Å²) < 4.78 is 5.23. The summed E-state index contributed by atoms with van der Waals surface area (Å²) in [6.45, 7) is 0. The van der Waals surface area contributed by atoms with Crippen molar-refractivity contribution in [1.82, 2.24) is 4.98 Å². The molecule has 0 radical (unpaired) electrons. The van der Waals surface area contributed by atoms with Gasteiger partial charge in [0.1, 0.15) is 34.3 Å². The third-order valence-electron chi connectivity index (χ3n) is 5.42. The molecule has 0 saturated carbocycles. The number of benzene rings is 3. The van der Waals surface area contributed by atoms with E-state index in [9.17, 15) is 15.3 Å². The van der Waals surface area contributed by atoms with E-state index in [-0.39, 0.29) is 27.8 Å². The lowest BCUT2D eigenvalue weighted by Crippen LogP contribution is -2.11. The second kappa shape index (κ2) is 10.6. The maximum Gasteiger partial charge on any atom is 0.180 e. The summed E-state index contributed by atoms with van der Waals surface area (Å²) in [5.41, 5.74) is 8.81. The second-order valence-corrected chi connectivity index (χ2v) is 8.61. The molecule has 2 N–H and O–H groups in total. The Hall–Kier alpha value is -4.59. The van der Waals surface area contributed by atoms with E-state index in [1.165, 1.54) is 0 Å². The summed E-state index contributed by atoms with van der Waals surface area (Å²) in [6, 6.07) is 29.6. The number of rotatable bonds is 7.